The highest BCUT2D eigenvalue weighted by molar-refractivity contribution is 5.45. The lowest BCUT2D eigenvalue weighted by Crippen LogP contribution is -2.25. The second-order valence-electron chi connectivity index (χ2n) is 32.3. The van der Waals surface area contributed by atoms with Crippen LogP contribution in [0.25, 0.3) is 0 Å². The Bertz CT molecular complexity index is 3280. The number of hydrogen-bond donors (Lipinski definition) is 0. The van der Waals surface area contributed by atoms with Gasteiger partial charge in [0.05, 0.1) is 11.3 Å². The van der Waals surface area contributed by atoms with E-state index in [1.165, 1.54) is 97.1 Å². The van der Waals surface area contributed by atoms with Crippen LogP contribution in [0.3, 0.4) is 0 Å². The lowest BCUT2D eigenvalue weighted by atomic mass is 9.98. The molecule has 0 atom stereocenters. The van der Waals surface area contributed by atoms with Crippen LogP contribution in [0.4, 0.5) is 18.9 Å². The zero-order valence-corrected chi connectivity index (χ0v) is 81.8. The van der Waals surface area contributed by atoms with Crippen LogP contribution in [0, 0.1) is 60.2 Å². The Balaban J connectivity index is -0.000000404. The van der Waals surface area contributed by atoms with E-state index in [2.05, 4.69) is 323 Å². The molecule has 10 rings (SSSR count). The van der Waals surface area contributed by atoms with Gasteiger partial charge in [0, 0.05) is 80.0 Å². The van der Waals surface area contributed by atoms with Gasteiger partial charge in [-0.2, -0.15) is 13.2 Å². The molecular formula is C109H173F3N8. The minimum Gasteiger partial charge on any atom is -0.372 e. The van der Waals surface area contributed by atoms with Crippen LogP contribution in [0.5, 0.6) is 0 Å². The first-order valence-corrected chi connectivity index (χ1v) is 45.6. The summed E-state index contributed by atoms with van der Waals surface area (Å²) >= 11 is 0. The highest BCUT2D eigenvalue weighted by atomic mass is 19.4. The summed E-state index contributed by atoms with van der Waals surface area (Å²) in [5.41, 5.74) is 11.4. The molecule has 4 aromatic heterocycles. The van der Waals surface area contributed by atoms with Crippen LogP contribution < -0.4 is 4.90 Å². The molecule has 0 aliphatic heterocycles. The van der Waals surface area contributed by atoms with Crippen molar-refractivity contribution < 1.29 is 13.2 Å². The molecule has 0 amide bonds. The maximum absolute atomic E-state index is 12.5. The van der Waals surface area contributed by atoms with Gasteiger partial charge in [-0.25, -0.2) is 19.9 Å². The van der Waals surface area contributed by atoms with Gasteiger partial charge in [0.25, 0.3) is 0 Å². The molecule has 11 heteroatoms. The SMILES string of the molecule is CC.CC.CC.CC.CC.CC(C)CCc1ccccn1.CC(C)CCc1ccncn1.CC(C)CCc1cnccn1.CC(C)CCc1ncccn1.CC(C)Cc1ccccc1.CC(C)Cc1ccccc1.CC(C)Cc1ccccc1.CC(C)Cc1ccccc1.CC(C)N(C)c1ccccc1.Cc1cc(CC(C)C)cc(C(F)(F)F)c1. The second-order valence-corrected chi connectivity index (χ2v) is 32.3. The van der Waals surface area contributed by atoms with E-state index in [1.54, 1.807) is 44.2 Å². The molecule has 10 aromatic rings. The fourth-order valence-corrected chi connectivity index (χ4v) is 10.6. The van der Waals surface area contributed by atoms with Crippen LogP contribution >= 0.6 is 0 Å². The van der Waals surface area contributed by atoms with E-state index in [9.17, 15) is 13.2 Å². The molecule has 0 saturated heterocycles. The standard InChI is InChI=1S/C12H15F3.2C10H15N.4C10H14.3C9H14N2.5C2H6/c1-8(2)4-10-5-9(3)6-11(7-10)12(13,14)15;1-9(2)11(3)10-7-5-4-6-8-10;1-9(2)6-7-10-5-3-4-8-11-10;4*1-9(2)8-10-6-4-3-5-7-10;1-8(2)4-5-9-10-6-3-7-11-9;1-8(2)3-4-9-7-10-5-6-11-9;1-8(2)3-4-9-5-6-10-7-11-9;5*1-2/h5-8H,4H2,1-3H3;4-9H,1-3H3;3-5,8-9H,6-7H2,1-2H3;4*3-7,9H,8H2,1-2H3;3,6-8H,4-5H2,1-2H3;2*5-8H,3-4H2,1-2H3;5*1-2H3. The van der Waals surface area contributed by atoms with Crippen molar-refractivity contribution in [2.75, 3.05) is 11.9 Å². The second kappa shape index (κ2) is 81.3. The fourth-order valence-electron chi connectivity index (χ4n) is 10.6. The van der Waals surface area contributed by atoms with Gasteiger partial charge in [0.1, 0.15) is 12.2 Å². The molecule has 0 fully saturated rings. The number of aryl methyl sites for hydroxylation is 5. The van der Waals surface area contributed by atoms with Gasteiger partial charge in [-0.3, -0.25) is 15.0 Å². The van der Waals surface area contributed by atoms with E-state index in [1.807, 2.05) is 132 Å². The maximum atomic E-state index is 12.5. The molecule has 0 N–H and O–H groups in total. The number of alkyl halides is 3. The van der Waals surface area contributed by atoms with Crippen molar-refractivity contribution in [1.29, 1.82) is 0 Å². The zero-order valence-electron chi connectivity index (χ0n) is 81.8. The van der Waals surface area contributed by atoms with E-state index in [4.69, 9.17) is 0 Å². The van der Waals surface area contributed by atoms with Crippen LogP contribution in [0.2, 0.25) is 0 Å². The molecule has 8 nitrogen and oxygen atoms in total. The molecule has 670 valence electrons. The molecular weight excluding hydrogens is 1480 g/mol. The highest BCUT2D eigenvalue weighted by Gasteiger charge is 2.31. The van der Waals surface area contributed by atoms with Crippen molar-refractivity contribution >= 4 is 5.69 Å². The summed E-state index contributed by atoms with van der Waals surface area (Å²) in [6.45, 7) is 65.8. The summed E-state index contributed by atoms with van der Waals surface area (Å²) in [6, 6.07) is 67.6. The van der Waals surface area contributed by atoms with Crippen molar-refractivity contribution in [3.05, 3.63) is 312 Å². The zero-order chi connectivity index (χ0) is 91.9. The molecule has 0 radical (unpaired) electrons. The fraction of sp³-hybridized carbons (Fsp3) is 0.514. The molecule has 6 aromatic carbocycles. The van der Waals surface area contributed by atoms with Crippen molar-refractivity contribution in [3.8, 4) is 0 Å². The summed E-state index contributed by atoms with van der Waals surface area (Å²) in [7, 11) is 2.11. The van der Waals surface area contributed by atoms with E-state index in [0.29, 0.717) is 23.9 Å². The summed E-state index contributed by atoms with van der Waals surface area (Å²) < 4.78 is 37.5. The Morgan fingerprint density at radius 2 is 0.617 bits per heavy atom. The maximum Gasteiger partial charge on any atom is 0.416 e. The summed E-state index contributed by atoms with van der Waals surface area (Å²) in [5.74, 6) is 7.40. The van der Waals surface area contributed by atoms with E-state index in [-0.39, 0.29) is 0 Å². The van der Waals surface area contributed by atoms with Crippen molar-refractivity contribution in [1.82, 2.24) is 34.9 Å². The summed E-state index contributed by atoms with van der Waals surface area (Å²) in [6.07, 6.45) is 24.4. The van der Waals surface area contributed by atoms with E-state index in [0.717, 1.165) is 95.8 Å². The number of anilines is 1. The van der Waals surface area contributed by atoms with Gasteiger partial charge in [0.15, 0.2) is 0 Å². The average molecular weight is 1650 g/mol. The van der Waals surface area contributed by atoms with Crippen molar-refractivity contribution in [2.45, 2.75) is 310 Å². The van der Waals surface area contributed by atoms with Gasteiger partial charge in [0.2, 0.25) is 0 Å². The number of benzene rings is 6. The lowest BCUT2D eigenvalue weighted by Gasteiger charge is -2.23. The van der Waals surface area contributed by atoms with E-state index >= 15 is 0 Å². The predicted molar refractivity (Wildman–Crippen MR) is 524 cm³/mol. The van der Waals surface area contributed by atoms with Crippen molar-refractivity contribution in [3.63, 3.8) is 0 Å². The third-order valence-corrected chi connectivity index (χ3v) is 16.5. The van der Waals surface area contributed by atoms with Gasteiger partial charge >= 0.3 is 6.18 Å². The number of hydrogen-bond acceptors (Lipinski definition) is 8. The summed E-state index contributed by atoms with van der Waals surface area (Å²) in [4.78, 5) is 31.0. The number of pyridine rings is 1. The largest absolute Gasteiger partial charge is 0.416 e. The minimum absolute atomic E-state index is 0.368. The van der Waals surface area contributed by atoms with Gasteiger partial charge in [-0.1, -0.05) is 351 Å². The first kappa shape index (κ1) is 120. The lowest BCUT2D eigenvalue weighted by molar-refractivity contribution is -0.137. The quantitative estimate of drug-likeness (QED) is 0.0591. The molecule has 0 aliphatic rings. The predicted octanol–water partition coefficient (Wildman–Crippen LogP) is 32.3. The summed E-state index contributed by atoms with van der Waals surface area (Å²) in [5, 5.41) is 0. The van der Waals surface area contributed by atoms with Crippen molar-refractivity contribution in [2.24, 2.45) is 53.3 Å². The molecule has 4 heterocycles. The third kappa shape index (κ3) is 76.7. The first-order chi connectivity index (χ1) is 57.3. The molecule has 0 unspecified atom stereocenters. The number of nitrogens with zero attached hydrogens (tertiary/aromatic N) is 8. The Kier molecular flexibility index (Phi) is 81.2. The highest BCUT2D eigenvalue weighted by Crippen LogP contribution is 2.31. The molecule has 0 spiro atoms. The number of para-hydroxylation sites is 1. The normalized spacial score (nSPS) is 9.97. The Morgan fingerprint density at radius 3 is 0.925 bits per heavy atom. The Hall–Kier alpha value is -8.70. The minimum atomic E-state index is -4.24. The monoisotopic (exact) mass is 1650 g/mol. The van der Waals surface area contributed by atoms with E-state index < -0.39 is 11.7 Å². The van der Waals surface area contributed by atoms with Gasteiger partial charge in [-0.05, 0) is 227 Å². The third-order valence-electron chi connectivity index (χ3n) is 16.5. The average Bonchev–Trinajstić information content (AvgIpc) is 0.834. The van der Waals surface area contributed by atoms with Gasteiger partial charge < -0.3 is 4.90 Å². The molecule has 0 bridgehead atoms. The molecule has 0 saturated carbocycles. The Morgan fingerprint density at radius 1 is 0.292 bits per heavy atom. The number of rotatable bonds is 24. The number of aromatic nitrogens is 7. The van der Waals surface area contributed by atoms with Crippen LogP contribution in [0.1, 0.15) is 295 Å². The van der Waals surface area contributed by atoms with Crippen LogP contribution in [-0.4, -0.2) is 48.0 Å². The number of halogens is 3. The molecule has 120 heavy (non-hydrogen) atoms. The topological polar surface area (TPSA) is 93.5 Å². The first-order valence-electron chi connectivity index (χ1n) is 45.6. The Labute approximate surface area is 736 Å². The smallest absolute Gasteiger partial charge is 0.372 e. The van der Waals surface area contributed by atoms with Gasteiger partial charge in [-0.15, -0.1) is 0 Å². The molecule has 0 aliphatic carbocycles. The van der Waals surface area contributed by atoms with Crippen LogP contribution in [0.15, 0.2) is 250 Å². The van der Waals surface area contributed by atoms with Crippen LogP contribution in [-0.2, 0) is 64.0 Å².